The van der Waals surface area contributed by atoms with Gasteiger partial charge in [-0.15, -0.1) is 0 Å². The Bertz CT molecular complexity index is 2220. The minimum absolute atomic E-state index is 0.155. The molecule has 14 heteroatoms. The van der Waals surface area contributed by atoms with Gasteiger partial charge < -0.3 is 16.2 Å². The van der Waals surface area contributed by atoms with E-state index in [-0.39, 0.29) is 16.4 Å². The minimum Gasteiger partial charge on any atom is -0.456 e. The number of rotatable bonds is 7. The third kappa shape index (κ3) is 6.02. The first-order valence-corrected chi connectivity index (χ1v) is 17.2. The third-order valence-corrected chi connectivity index (χ3v) is 10.5. The van der Waals surface area contributed by atoms with Crippen molar-refractivity contribution in [2.24, 2.45) is 0 Å². The fraction of sp³-hybridized carbons (Fsp3) is 0. The Morgan fingerprint density at radius 1 is 0.682 bits per heavy atom. The summed E-state index contributed by atoms with van der Waals surface area (Å²) in [4.78, 5) is 9.37. The molecule has 1 unspecified atom stereocenters. The minimum atomic E-state index is -4.75. The summed E-state index contributed by atoms with van der Waals surface area (Å²) in [5.41, 5.74) is 16.8. The van der Waals surface area contributed by atoms with Gasteiger partial charge in [0.15, 0.2) is 0 Å². The Balaban J connectivity index is 1.41. The summed E-state index contributed by atoms with van der Waals surface area (Å²) >= 11 is 0. The molecular weight excluding hydrogens is 625 g/mol. The van der Waals surface area contributed by atoms with Crippen LogP contribution >= 0.6 is 10.9 Å². The Morgan fingerprint density at radius 2 is 1.27 bits per heavy atom. The van der Waals surface area contributed by atoms with Crippen LogP contribution in [0.4, 0.5) is 11.4 Å². The van der Waals surface area contributed by atoms with Gasteiger partial charge in [0.1, 0.15) is 16.4 Å². The fourth-order valence-corrected chi connectivity index (χ4v) is 8.10. The van der Waals surface area contributed by atoms with Gasteiger partial charge in [-0.1, -0.05) is 24.3 Å². The zero-order valence-corrected chi connectivity index (χ0v) is 25.1. The molecule has 0 aliphatic carbocycles. The number of nitrogen functional groups attached to an aromatic ring is 2. The number of benzene rings is 4. The van der Waals surface area contributed by atoms with E-state index in [9.17, 15) is 25.9 Å². The molecule has 0 amide bonds. The van der Waals surface area contributed by atoms with E-state index in [0.29, 0.717) is 38.7 Å². The number of anilines is 2. The molecule has 4 aromatic carbocycles. The molecule has 44 heavy (non-hydrogen) atoms. The normalized spacial score (nSPS) is 15.8. The second kappa shape index (κ2) is 11.1. The zero-order chi connectivity index (χ0) is 31.2. The van der Waals surface area contributed by atoms with Gasteiger partial charge in [-0.25, -0.2) is 9.97 Å². The van der Waals surface area contributed by atoms with Crippen LogP contribution in [0.3, 0.4) is 0 Å². The molecule has 6 rings (SSSR count). The molecule has 0 radical (unpaired) electrons. The summed E-state index contributed by atoms with van der Waals surface area (Å²) in [5, 5.41) is 2.87. The van der Waals surface area contributed by atoms with E-state index in [1.807, 2.05) is 24.3 Å². The summed E-state index contributed by atoms with van der Waals surface area (Å²) in [6.45, 7) is 0. The number of hydrogen-bond acceptors (Lipinski definition) is 9. The number of fused-ring (bicyclic) bond motifs is 1. The maximum atomic E-state index is 12.3. The zero-order valence-electron chi connectivity index (χ0n) is 22.6. The smallest absolute Gasteiger partial charge is 0.298 e. The highest BCUT2D eigenvalue weighted by Crippen LogP contribution is 2.47. The van der Waals surface area contributed by atoms with Crippen molar-refractivity contribution in [2.45, 2.75) is 9.79 Å². The van der Waals surface area contributed by atoms with Gasteiger partial charge in [-0.05, 0) is 76.4 Å². The van der Waals surface area contributed by atoms with Crippen molar-refractivity contribution in [3.05, 3.63) is 107 Å². The van der Waals surface area contributed by atoms with E-state index in [2.05, 4.69) is 0 Å². The van der Waals surface area contributed by atoms with E-state index in [1.165, 1.54) is 23.6 Å². The lowest BCUT2D eigenvalue weighted by Gasteiger charge is -2.15. The number of nitrogens with zero attached hydrogens (tertiary/aromatic N) is 2. The molecule has 1 aliphatic rings. The molecule has 6 N–H and O–H groups in total. The predicted molar refractivity (Wildman–Crippen MR) is 172 cm³/mol. The molecule has 11 nitrogen and oxygen atoms in total. The highest BCUT2D eigenvalue weighted by Gasteiger charge is 2.23. The van der Waals surface area contributed by atoms with Crippen LogP contribution in [0.5, 0.6) is 11.5 Å². The Hall–Kier alpha value is -4.73. The van der Waals surface area contributed by atoms with Crippen LogP contribution in [-0.4, -0.2) is 35.9 Å². The van der Waals surface area contributed by atoms with Crippen molar-refractivity contribution in [2.75, 3.05) is 11.5 Å². The van der Waals surface area contributed by atoms with Crippen LogP contribution in [0.1, 0.15) is 0 Å². The van der Waals surface area contributed by atoms with Crippen molar-refractivity contribution >= 4 is 53.5 Å². The van der Waals surface area contributed by atoms with Crippen LogP contribution in [0.25, 0.3) is 33.5 Å². The summed E-state index contributed by atoms with van der Waals surface area (Å²) in [6.07, 6.45) is 1.24. The molecule has 1 atom stereocenters. The maximum Gasteiger partial charge on any atom is 0.298 e. The molecular formula is C30H24N4O7S3. The molecule has 1 aliphatic heterocycles. The van der Waals surface area contributed by atoms with E-state index < -0.39 is 36.0 Å². The molecule has 0 saturated heterocycles. The quantitative estimate of drug-likeness (QED) is 0.0814. The highest BCUT2D eigenvalue weighted by atomic mass is 32.2. The summed E-state index contributed by atoms with van der Waals surface area (Å²) in [5.74, 6) is 0.0749. The van der Waals surface area contributed by atoms with E-state index in [4.69, 9.17) is 26.2 Å². The molecule has 224 valence electrons. The number of allylic oxidation sites excluding steroid dienone is 1. The first-order chi connectivity index (χ1) is 20.8. The second-order valence-electron chi connectivity index (χ2n) is 9.75. The lowest BCUT2D eigenvalue weighted by molar-refractivity contribution is 0.449. The van der Waals surface area contributed by atoms with Crippen molar-refractivity contribution in [3.8, 4) is 34.0 Å². The molecule has 2 heterocycles. The summed E-state index contributed by atoms with van der Waals surface area (Å²) < 4.78 is 72.9. The first-order valence-electron chi connectivity index (χ1n) is 12.8. The molecule has 1 aromatic heterocycles. The molecule has 0 saturated carbocycles. The van der Waals surface area contributed by atoms with E-state index >= 15 is 0 Å². The van der Waals surface area contributed by atoms with Gasteiger partial charge in [0.2, 0.25) is 0 Å². The molecule has 0 spiro atoms. The second-order valence-corrected chi connectivity index (χ2v) is 14.5. The monoisotopic (exact) mass is 648 g/mol. The van der Waals surface area contributed by atoms with Crippen molar-refractivity contribution in [1.82, 2.24) is 9.97 Å². The predicted octanol–water partition coefficient (Wildman–Crippen LogP) is 5.78. The highest BCUT2D eigenvalue weighted by molar-refractivity contribution is 8.22. The van der Waals surface area contributed by atoms with Crippen LogP contribution in [-0.2, 0) is 20.2 Å². The number of aromatic nitrogens is 2. The van der Waals surface area contributed by atoms with Crippen molar-refractivity contribution in [1.29, 1.82) is 0 Å². The number of thiol groups is 1. The van der Waals surface area contributed by atoms with Gasteiger partial charge in [0, 0.05) is 28.6 Å². The number of nitrogens with two attached hydrogens (primary N) is 2. The van der Waals surface area contributed by atoms with Crippen LogP contribution < -0.4 is 16.2 Å². The van der Waals surface area contributed by atoms with Gasteiger partial charge in [-0.2, -0.15) is 27.7 Å². The Kier molecular flexibility index (Phi) is 7.39. The summed E-state index contributed by atoms with van der Waals surface area (Å²) in [6, 6.07) is 23.5. The average Bonchev–Trinajstić information content (AvgIpc) is 3.49. The van der Waals surface area contributed by atoms with Gasteiger partial charge >= 0.3 is 0 Å². The topological polar surface area (TPSA) is 196 Å². The van der Waals surface area contributed by atoms with Gasteiger partial charge in [0.05, 0.1) is 27.3 Å². The van der Waals surface area contributed by atoms with E-state index in [0.717, 1.165) is 11.1 Å². The molecule has 0 fully saturated rings. The van der Waals surface area contributed by atoms with Crippen molar-refractivity contribution < 1.29 is 30.7 Å². The fourth-order valence-electron chi connectivity index (χ4n) is 4.54. The largest absolute Gasteiger partial charge is 0.456 e. The van der Waals surface area contributed by atoms with Gasteiger partial charge in [-0.3, -0.25) is 9.11 Å². The third-order valence-electron chi connectivity index (χ3n) is 6.70. The van der Waals surface area contributed by atoms with E-state index in [1.54, 1.807) is 53.9 Å². The number of ether oxygens (including phenoxy) is 1. The Morgan fingerprint density at radius 3 is 1.82 bits per heavy atom. The lowest BCUT2D eigenvalue weighted by Crippen LogP contribution is -2.02. The molecule has 5 aromatic rings. The average molecular weight is 649 g/mol. The Labute approximate surface area is 255 Å². The standard InChI is InChI=1S/C30H24N4O7S3/c31-20-5-1-18(2-6-20)29-30(19-3-7-21(32)8-4-19)34-26-15-22(9-11-25(26)33-29)41-27-12-10-23(16-28(27)44(38,39)40)42-14-13-24(17-42)43(35,36)37/h1-17,42H,31-32H2,(H,35,36,37)(H,38,39,40). The molecule has 0 bridgehead atoms. The first kappa shape index (κ1) is 29.3. The number of hydrogen-bond donors (Lipinski definition) is 5. The lowest BCUT2D eigenvalue weighted by atomic mass is 10.0. The maximum absolute atomic E-state index is 12.3. The van der Waals surface area contributed by atoms with Crippen LogP contribution in [0.15, 0.2) is 117 Å². The summed E-state index contributed by atoms with van der Waals surface area (Å²) in [7, 11) is -10.6. The van der Waals surface area contributed by atoms with Crippen LogP contribution in [0.2, 0.25) is 0 Å². The van der Waals surface area contributed by atoms with Crippen molar-refractivity contribution in [3.63, 3.8) is 0 Å². The van der Waals surface area contributed by atoms with Gasteiger partial charge in [0.25, 0.3) is 20.2 Å². The SMILES string of the molecule is Nc1ccc(-c2nc3ccc(Oc4ccc([SH]5C=CC(S(=O)(=O)O)=C5)cc4S(=O)(=O)O)cc3nc2-c2ccc(N)cc2)cc1. The van der Waals surface area contributed by atoms with Crippen LogP contribution in [0, 0.1) is 0 Å².